The molecule has 1 aromatic heterocycles. The SMILES string of the molecule is Cc1ccc(C(=O)CCC(=O)OCC(=O)N[C@H]2CCCC[C@@H]2C)s1. The standard InChI is InChI=1S/C18H25NO4S/c1-12-5-3-4-6-14(12)19-17(21)11-23-18(22)10-8-15(20)16-9-7-13(2)24-16/h7,9,12,14H,3-6,8,10-11H2,1-2H3,(H,19,21)/t12-,14-/m0/s1. The summed E-state index contributed by atoms with van der Waals surface area (Å²) in [5.74, 6) is -0.374. The second kappa shape index (κ2) is 8.97. The summed E-state index contributed by atoms with van der Waals surface area (Å²) in [5.41, 5.74) is 0. The van der Waals surface area contributed by atoms with E-state index >= 15 is 0 Å². The van der Waals surface area contributed by atoms with E-state index in [1.165, 1.54) is 17.8 Å². The summed E-state index contributed by atoms with van der Waals surface area (Å²) in [7, 11) is 0. The number of rotatable bonds is 7. The fourth-order valence-electron chi connectivity index (χ4n) is 2.92. The van der Waals surface area contributed by atoms with E-state index in [1.54, 1.807) is 6.07 Å². The Morgan fingerprint density at radius 1 is 1.21 bits per heavy atom. The zero-order valence-corrected chi connectivity index (χ0v) is 15.1. The summed E-state index contributed by atoms with van der Waals surface area (Å²) < 4.78 is 4.97. The van der Waals surface area contributed by atoms with Gasteiger partial charge in [0.1, 0.15) is 0 Å². The second-order valence-corrected chi connectivity index (χ2v) is 7.72. The van der Waals surface area contributed by atoms with Crippen molar-refractivity contribution in [1.29, 1.82) is 0 Å². The highest BCUT2D eigenvalue weighted by Gasteiger charge is 2.23. The number of amides is 1. The molecule has 1 amide bonds. The van der Waals surface area contributed by atoms with Crippen LogP contribution >= 0.6 is 11.3 Å². The maximum absolute atomic E-state index is 11.9. The summed E-state index contributed by atoms with van der Waals surface area (Å²) >= 11 is 1.42. The van der Waals surface area contributed by atoms with Gasteiger partial charge in [-0.1, -0.05) is 19.8 Å². The molecule has 1 saturated carbocycles. The van der Waals surface area contributed by atoms with Crippen molar-refractivity contribution < 1.29 is 19.1 Å². The second-order valence-electron chi connectivity index (χ2n) is 6.43. The fourth-order valence-corrected chi connectivity index (χ4v) is 3.76. The van der Waals surface area contributed by atoms with Gasteiger partial charge < -0.3 is 10.1 Å². The Morgan fingerprint density at radius 3 is 2.62 bits per heavy atom. The first-order valence-electron chi connectivity index (χ1n) is 8.50. The van der Waals surface area contributed by atoms with Gasteiger partial charge in [0, 0.05) is 17.3 Å². The first-order chi connectivity index (χ1) is 11.5. The van der Waals surface area contributed by atoms with Crippen molar-refractivity contribution in [3.05, 3.63) is 21.9 Å². The molecule has 1 fully saturated rings. The van der Waals surface area contributed by atoms with E-state index < -0.39 is 5.97 Å². The van der Waals surface area contributed by atoms with Crippen LogP contribution in [-0.2, 0) is 14.3 Å². The van der Waals surface area contributed by atoms with Crippen molar-refractivity contribution in [2.45, 2.75) is 58.4 Å². The number of nitrogens with one attached hydrogen (secondary N) is 1. The summed E-state index contributed by atoms with van der Waals surface area (Å²) in [5, 5.41) is 2.94. The fraction of sp³-hybridized carbons (Fsp3) is 0.611. The van der Waals surface area contributed by atoms with Crippen LogP contribution in [0.3, 0.4) is 0 Å². The van der Waals surface area contributed by atoms with Gasteiger partial charge in [0.15, 0.2) is 12.4 Å². The zero-order valence-electron chi connectivity index (χ0n) is 14.3. The Morgan fingerprint density at radius 2 is 1.96 bits per heavy atom. The van der Waals surface area contributed by atoms with Crippen molar-refractivity contribution in [2.24, 2.45) is 5.92 Å². The normalized spacial score (nSPS) is 20.4. The minimum atomic E-state index is -0.511. The molecule has 132 valence electrons. The summed E-state index contributed by atoms with van der Waals surface area (Å²) in [6.07, 6.45) is 4.55. The van der Waals surface area contributed by atoms with E-state index in [0.29, 0.717) is 10.8 Å². The molecule has 1 aromatic rings. The third kappa shape index (κ3) is 5.74. The van der Waals surface area contributed by atoms with Crippen molar-refractivity contribution in [1.82, 2.24) is 5.32 Å². The number of ether oxygens (including phenoxy) is 1. The van der Waals surface area contributed by atoms with Gasteiger partial charge in [-0.15, -0.1) is 11.3 Å². The van der Waals surface area contributed by atoms with E-state index in [0.717, 1.165) is 24.1 Å². The summed E-state index contributed by atoms with van der Waals surface area (Å²) in [6.45, 7) is 3.80. The van der Waals surface area contributed by atoms with Crippen LogP contribution in [0.1, 0.15) is 60.0 Å². The molecule has 0 spiro atoms. The third-order valence-electron chi connectivity index (χ3n) is 4.39. The average molecular weight is 351 g/mol. The number of Topliss-reactive ketones (excluding diaryl/α,β-unsaturated/α-hetero) is 1. The lowest BCUT2D eigenvalue weighted by Gasteiger charge is -2.29. The van der Waals surface area contributed by atoms with E-state index in [4.69, 9.17) is 4.74 Å². The summed E-state index contributed by atoms with van der Waals surface area (Å²) in [4.78, 5) is 37.2. The van der Waals surface area contributed by atoms with Crippen molar-refractivity contribution in [3.8, 4) is 0 Å². The molecule has 1 heterocycles. The average Bonchev–Trinajstić information content (AvgIpc) is 2.99. The molecule has 24 heavy (non-hydrogen) atoms. The molecule has 1 aliphatic carbocycles. The molecule has 1 N–H and O–H groups in total. The number of carbonyl (C=O) groups is 3. The zero-order chi connectivity index (χ0) is 17.5. The van der Waals surface area contributed by atoms with E-state index in [2.05, 4.69) is 12.2 Å². The number of hydrogen-bond acceptors (Lipinski definition) is 5. The number of ketones is 1. The molecular formula is C18H25NO4S. The molecule has 0 unspecified atom stereocenters. The van der Waals surface area contributed by atoms with Crippen LogP contribution in [0.5, 0.6) is 0 Å². The van der Waals surface area contributed by atoms with Crippen molar-refractivity contribution in [3.63, 3.8) is 0 Å². The quantitative estimate of drug-likeness (QED) is 0.604. The van der Waals surface area contributed by atoms with E-state index in [9.17, 15) is 14.4 Å². The van der Waals surface area contributed by atoms with E-state index in [1.807, 2.05) is 13.0 Å². The van der Waals surface area contributed by atoms with Crippen molar-refractivity contribution >= 4 is 29.0 Å². The molecule has 1 aliphatic rings. The largest absolute Gasteiger partial charge is 0.456 e. The van der Waals surface area contributed by atoms with Crippen molar-refractivity contribution in [2.75, 3.05) is 6.61 Å². The van der Waals surface area contributed by atoms with Gasteiger partial charge >= 0.3 is 5.97 Å². The molecule has 0 bridgehead atoms. The molecule has 0 radical (unpaired) electrons. The van der Waals surface area contributed by atoms with Gasteiger partial charge in [-0.3, -0.25) is 14.4 Å². The molecule has 0 aromatic carbocycles. The Labute approximate surface area is 146 Å². The lowest BCUT2D eigenvalue weighted by Crippen LogP contribution is -2.42. The van der Waals surface area contributed by atoms with Crippen LogP contribution in [0.4, 0.5) is 0 Å². The van der Waals surface area contributed by atoms with Gasteiger partial charge in [0.05, 0.1) is 11.3 Å². The Kier molecular flexibility index (Phi) is 6.97. The number of hydrogen-bond donors (Lipinski definition) is 1. The monoisotopic (exact) mass is 351 g/mol. The minimum absolute atomic E-state index is 0.00287. The molecule has 0 aliphatic heterocycles. The first-order valence-corrected chi connectivity index (χ1v) is 9.32. The summed E-state index contributed by atoms with van der Waals surface area (Å²) in [6, 6.07) is 3.83. The van der Waals surface area contributed by atoms with Gasteiger partial charge in [0.25, 0.3) is 5.91 Å². The van der Waals surface area contributed by atoms with Crippen LogP contribution in [0.2, 0.25) is 0 Å². The van der Waals surface area contributed by atoms with Crippen LogP contribution in [0, 0.1) is 12.8 Å². The van der Waals surface area contributed by atoms with E-state index in [-0.39, 0.29) is 37.2 Å². The predicted molar refractivity (Wildman–Crippen MR) is 93.1 cm³/mol. The third-order valence-corrected chi connectivity index (χ3v) is 5.44. The molecule has 0 saturated heterocycles. The maximum atomic E-state index is 11.9. The smallest absolute Gasteiger partial charge is 0.306 e. The number of aryl methyl sites for hydroxylation is 1. The van der Waals surface area contributed by atoms with Crippen LogP contribution < -0.4 is 5.32 Å². The number of esters is 1. The van der Waals surface area contributed by atoms with Crippen LogP contribution in [0.15, 0.2) is 12.1 Å². The number of carbonyl (C=O) groups excluding carboxylic acids is 3. The van der Waals surface area contributed by atoms with Crippen LogP contribution in [0.25, 0.3) is 0 Å². The predicted octanol–water partition coefficient (Wildman–Crippen LogP) is 3.26. The molecule has 2 rings (SSSR count). The topological polar surface area (TPSA) is 72.5 Å². The van der Waals surface area contributed by atoms with Gasteiger partial charge in [-0.2, -0.15) is 0 Å². The molecular weight excluding hydrogens is 326 g/mol. The lowest BCUT2D eigenvalue weighted by molar-refractivity contribution is -0.148. The Hall–Kier alpha value is -1.69. The highest BCUT2D eigenvalue weighted by Crippen LogP contribution is 2.23. The Balaban J connectivity index is 1.65. The first kappa shape index (κ1) is 18.6. The maximum Gasteiger partial charge on any atom is 0.306 e. The minimum Gasteiger partial charge on any atom is -0.456 e. The van der Waals surface area contributed by atoms with Gasteiger partial charge in [-0.25, -0.2) is 0 Å². The molecule has 6 heteroatoms. The lowest BCUT2D eigenvalue weighted by atomic mass is 9.86. The molecule has 2 atom stereocenters. The Bertz CT molecular complexity index is 596. The molecule has 5 nitrogen and oxygen atoms in total. The highest BCUT2D eigenvalue weighted by molar-refractivity contribution is 7.14. The van der Waals surface area contributed by atoms with Gasteiger partial charge in [-0.05, 0) is 37.8 Å². The van der Waals surface area contributed by atoms with Gasteiger partial charge in [0.2, 0.25) is 0 Å². The number of thiophene rings is 1. The van der Waals surface area contributed by atoms with Crippen LogP contribution in [-0.4, -0.2) is 30.3 Å². The highest BCUT2D eigenvalue weighted by atomic mass is 32.1.